The first kappa shape index (κ1) is 11.6. The standard InChI is InChI=1S/C12H24N2/c1-11-7-9-14(10-11)12(2)6-4-3-5-8-13/h11H,2-10,13H2,1H3. The van der Waals surface area contributed by atoms with Crippen LogP contribution in [0.3, 0.4) is 0 Å². The van der Waals surface area contributed by atoms with Gasteiger partial charge in [-0.2, -0.15) is 0 Å². The molecule has 0 radical (unpaired) electrons. The smallest absolute Gasteiger partial charge is 0.0201 e. The van der Waals surface area contributed by atoms with Crippen LogP contribution in [0.2, 0.25) is 0 Å². The van der Waals surface area contributed by atoms with E-state index in [1.165, 1.54) is 38.0 Å². The minimum Gasteiger partial charge on any atom is -0.375 e. The van der Waals surface area contributed by atoms with Gasteiger partial charge in [0.25, 0.3) is 0 Å². The normalized spacial score (nSPS) is 21.6. The number of likely N-dealkylation sites (tertiary alicyclic amines) is 1. The molecule has 1 fully saturated rings. The maximum atomic E-state index is 5.45. The van der Waals surface area contributed by atoms with Gasteiger partial charge in [0.2, 0.25) is 0 Å². The maximum Gasteiger partial charge on any atom is 0.0201 e. The molecule has 0 spiro atoms. The van der Waals surface area contributed by atoms with Gasteiger partial charge in [-0.1, -0.05) is 19.9 Å². The monoisotopic (exact) mass is 196 g/mol. The Hall–Kier alpha value is -0.500. The Morgan fingerprint density at radius 1 is 1.43 bits per heavy atom. The van der Waals surface area contributed by atoms with Gasteiger partial charge in [0.1, 0.15) is 0 Å². The molecule has 0 aromatic carbocycles. The Labute approximate surface area is 88.2 Å². The molecule has 1 aliphatic rings. The van der Waals surface area contributed by atoms with E-state index in [9.17, 15) is 0 Å². The largest absolute Gasteiger partial charge is 0.375 e. The lowest BCUT2D eigenvalue weighted by atomic mass is 10.1. The van der Waals surface area contributed by atoms with Crippen molar-refractivity contribution in [1.29, 1.82) is 0 Å². The summed E-state index contributed by atoms with van der Waals surface area (Å²) in [6.45, 7) is 9.75. The van der Waals surface area contributed by atoms with Crippen molar-refractivity contribution in [3.63, 3.8) is 0 Å². The number of nitrogens with zero attached hydrogens (tertiary/aromatic N) is 1. The summed E-state index contributed by atoms with van der Waals surface area (Å²) in [6.07, 6.45) is 6.15. The van der Waals surface area contributed by atoms with Crippen molar-refractivity contribution in [2.24, 2.45) is 11.7 Å². The number of allylic oxidation sites excluding steroid dienone is 1. The van der Waals surface area contributed by atoms with Gasteiger partial charge < -0.3 is 10.6 Å². The van der Waals surface area contributed by atoms with Crippen LogP contribution in [-0.2, 0) is 0 Å². The number of hydrogen-bond donors (Lipinski definition) is 1. The molecule has 1 saturated heterocycles. The molecule has 0 amide bonds. The Morgan fingerprint density at radius 2 is 2.21 bits per heavy atom. The first-order chi connectivity index (χ1) is 6.74. The third-order valence-electron chi connectivity index (χ3n) is 3.04. The van der Waals surface area contributed by atoms with E-state index in [0.29, 0.717) is 0 Å². The number of rotatable bonds is 6. The summed E-state index contributed by atoms with van der Waals surface area (Å²) in [5.74, 6) is 0.857. The molecule has 1 unspecified atom stereocenters. The van der Waals surface area contributed by atoms with Crippen LogP contribution >= 0.6 is 0 Å². The van der Waals surface area contributed by atoms with E-state index in [0.717, 1.165) is 25.3 Å². The van der Waals surface area contributed by atoms with Crippen molar-refractivity contribution in [1.82, 2.24) is 4.90 Å². The zero-order valence-corrected chi connectivity index (χ0v) is 9.47. The average molecular weight is 196 g/mol. The molecule has 14 heavy (non-hydrogen) atoms. The Bertz CT molecular complexity index is 177. The molecule has 1 atom stereocenters. The van der Waals surface area contributed by atoms with Crippen LogP contribution < -0.4 is 5.73 Å². The molecule has 0 saturated carbocycles. The summed E-state index contributed by atoms with van der Waals surface area (Å²) < 4.78 is 0. The molecule has 2 heteroatoms. The lowest BCUT2D eigenvalue weighted by molar-refractivity contribution is 0.391. The van der Waals surface area contributed by atoms with E-state index >= 15 is 0 Å². The third kappa shape index (κ3) is 3.70. The molecular formula is C12H24N2. The molecule has 1 rings (SSSR count). The van der Waals surface area contributed by atoms with Gasteiger partial charge in [-0.25, -0.2) is 0 Å². The highest BCUT2D eigenvalue weighted by molar-refractivity contribution is 4.96. The topological polar surface area (TPSA) is 29.3 Å². The molecular weight excluding hydrogens is 172 g/mol. The van der Waals surface area contributed by atoms with Gasteiger partial charge in [0.15, 0.2) is 0 Å². The first-order valence-corrected chi connectivity index (χ1v) is 5.87. The van der Waals surface area contributed by atoms with E-state index in [4.69, 9.17) is 5.73 Å². The Morgan fingerprint density at radius 3 is 2.79 bits per heavy atom. The first-order valence-electron chi connectivity index (χ1n) is 5.87. The predicted molar refractivity (Wildman–Crippen MR) is 62.0 cm³/mol. The highest BCUT2D eigenvalue weighted by atomic mass is 15.2. The predicted octanol–water partition coefficient (Wildman–Crippen LogP) is 2.36. The van der Waals surface area contributed by atoms with Crippen LogP contribution in [0, 0.1) is 5.92 Å². The van der Waals surface area contributed by atoms with Crippen LogP contribution in [0.5, 0.6) is 0 Å². The van der Waals surface area contributed by atoms with Crippen molar-refractivity contribution in [3.8, 4) is 0 Å². The van der Waals surface area contributed by atoms with Crippen molar-refractivity contribution in [2.45, 2.75) is 39.0 Å². The maximum absolute atomic E-state index is 5.45. The molecule has 1 aliphatic heterocycles. The fraction of sp³-hybridized carbons (Fsp3) is 0.833. The fourth-order valence-corrected chi connectivity index (χ4v) is 2.03. The molecule has 1 heterocycles. The van der Waals surface area contributed by atoms with E-state index < -0.39 is 0 Å². The fourth-order valence-electron chi connectivity index (χ4n) is 2.03. The number of nitrogens with two attached hydrogens (primary N) is 1. The van der Waals surface area contributed by atoms with E-state index in [1.54, 1.807) is 0 Å². The van der Waals surface area contributed by atoms with Gasteiger partial charge in [0, 0.05) is 18.8 Å². The molecule has 0 aromatic rings. The summed E-state index contributed by atoms with van der Waals surface area (Å²) in [6, 6.07) is 0. The summed E-state index contributed by atoms with van der Waals surface area (Å²) in [5, 5.41) is 0. The van der Waals surface area contributed by atoms with Crippen LogP contribution in [-0.4, -0.2) is 24.5 Å². The van der Waals surface area contributed by atoms with E-state index in [-0.39, 0.29) is 0 Å². The minimum atomic E-state index is 0.827. The number of hydrogen-bond acceptors (Lipinski definition) is 2. The second-order valence-electron chi connectivity index (χ2n) is 4.51. The van der Waals surface area contributed by atoms with Crippen LogP contribution in [0.1, 0.15) is 39.0 Å². The highest BCUT2D eigenvalue weighted by Crippen LogP contribution is 2.21. The van der Waals surface area contributed by atoms with Gasteiger partial charge in [0.05, 0.1) is 0 Å². The van der Waals surface area contributed by atoms with E-state index in [1.807, 2.05) is 0 Å². The Balaban J connectivity index is 2.09. The van der Waals surface area contributed by atoms with Crippen molar-refractivity contribution in [2.75, 3.05) is 19.6 Å². The van der Waals surface area contributed by atoms with Crippen LogP contribution in [0.25, 0.3) is 0 Å². The zero-order chi connectivity index (χ0) is 10.4. The van der Waals surface area contributed by atoms with Crippen molar-refractivity contribution < 1.29 is 0 Å². The van der Waals surface area contributed by atoms with Crippen molar-refractivity contribution >= 4 is 0 Å². The molecule has 0 bridgehead atoms. The zero-order valence-electron chi connectivity index (χ0n) is 9.47. The molecule has 0 aromatic heterocycles. The minimum absolute atomic E-state index is 0.827. The number of unbranched alkanes of at least 4 members (excludes halogenated alkanes) is 2. The molecule has 2 nitrogen and oxygen atoms in total. The van der Waals surface area contributed by atoms with Gasteiger partial charge in [-0.15, -0.1) is 0 Å². The summed E-state index contributed by atoms with van der Waals surface area (Å²) in [7, 11) is 0. The molecule has 2 N–H and O–H groups in total. The molecule has 0 aliphatic carbocycles. The van der Waals surface area contributed by atoms with Gasteiger partial charge in [-0.3, -0.25) is 0 Å². The second-order valence-corrected chi connectivity index (χ2v) is 4.51. The van der Waals surface area contributed by atoms with Crippen LogP contribution in [0.15, 0.2) is 12.3 Å². The summed E-state index contributed by atoms with van der Waals surface area (Å²) >= 11 is 0. The molecule has 82 valence electrons. The van der Waals surface area contributed by atoms with Crippen molar-refractivity contribution in [3.05, 3.63) is 12.3 Å². The quantitative estimate of drug-likeness (QED) is 0.661. The van der Waals surface area contributed by atoms with E-state index in [2.05, 4.69) is 18.4 Å². The van der Waals surface area contributed by atoms with Gasteiger partial charge >= 0.3 is 0 Å². The summed E-state index contributed by atoms with van der Waals surface area (Å²) in [5.41, 5.74) is 6.79. The highest BCUT2D eigenvalue weighted by Gasteiger charge is 2.18. The van der Waals surface area contributed by atoms with Gasteiger partial charge in [-0.05, 0) is 38.1 Å². The Kier molecular flexibility index (Phi) is 5.02. The summed E-state index contributed by atoms with van der Waals surface area (Å²) in [4.78, 5) is 2.45. The lowest BCUT2D eigenvalue weighted by Gasteiger charge is -2.20. The average Bonchev–Trinajstić information content (AvgIpc) is 2.59. The second kappa shape index (κ2) is 6.07. The SMILES string of the molecule is C=C(CCCCCN)N1CCC(C)C1. The lowest BCUT2D eigenvalue weighted by Crippen LogP contribution is -2.18. The van der Waals surface area contributed by atoms with Crippen LogP contribution in [0.4, 0.5) is 0 Å². The third-order valence-corrected chi connectivity index (χ3v) is 3.04.